The summed E-state index contributed by atoms with van der Waals surface area (Å²) in [7, 11) is 0. The molecule has 0 N–H and O–H groups in total. The van der Waals surface area contributed by atoms with E-state index in [1.807, 2.05) is 18.2 Å². The smallest absolute Gasteiger partial charge is 0.213 e. The zero-order valence-corrected chi connectivity index (χ0v) is 9.51. The maximum Gasteiger partial charge on any atom is 0.213 e. The minimum atomic E-state index is -0.0428. The summed E-state index contributed by atoms with van der Waals surface area (Å²) >= 11 is 4.76. The van der Waals surface area contributed by atoms with Gasteiger partial charge in [0.05, 0.1) is 5.51 Å². The Hall–Kier alpha value is -1.00. The molecule has 1 aromatic carbocycles. The number of benzene rings is 1. The number of nitrogens with zero attached hydrogens (tertiary/aromatic N) is 1. The average molecular weight is 268 g/mol. The predicted octanol–water partition coefficient (Wildman–Crippen LogP) is 3.14. The third kappa shape index (κ3) is 1.76. The first-order valence-corrected chi connectivity index (χ1v) is 5.70. The Morgan fingerprint density at radius 2 is 2.14 bits per heavy atom. The van der Waals surface area contributed by atoms with E-state index in [0.717, 1.165) is 4.47 Å². The highest BCUT2D eigenvalue weighted by atomic mass is 79.9. The molecule has 0 unspecified atom stereocenters. The Bertz CT molecular complexity index is 453. The van der Waals surface area contributed by atoms with Gasteiger partial charge >= 0.3 is 0 Å². The molecule has 0 atom stereocenters. The molecule has 0 bridgehead atoms. The first-order valence-electron chi connectivity index (χ1n) is 3.96. The molecule has 14 heavy (non-hydrogen) atoms. The van der Waals surface area contributed by atoms with Gasteiger partial charge in [-0.05, 0) is 12.1 Å². The van der Waals surface area contributed by atoms with E-state index in [9.17, 15) is 4.79 Å². The maximum absolute atomic E-state index is 11.8. The van der Waals surface area contributed by atoms with Gasteiger partial charge in [0, 0.05) is 15.4 Å². The van der Waals surface area contributed by atoms with Crippen LogP contribution in [0.15, 0.2) is 39.6 Å². The molecule has 0 aliphatic carbocycles. The van der Waals surface area contributed by atoms with Crippen molar-refractivity contribution in [3.63, 3.8) is 0 Å². The van der Waals surface area contributed by atoms with Crippen molar-refractivity contribution in [1.82, 2.24) is 4.98 Å². The molecule has 0 aliphatic rings. The van der Waals surface area contributed by atoms with Crippen LogP contribution in [-0.2, 0) is 0 Å². The Kier molecular flexibility index (Phi) is 2.74. The van der Waals surface area contributed by atoms with Crippen LogP contribution in [0.5, 0.6) is 0 Å². The molecule has 0 radical (unpaired) electrons. The van der Waals surface area contributed by atoms with Crippen LogP contribution in [0.1, 0.15) is 16.1 Å². The molecule has 0 amide bonds. The SMILES string of the molecule is O=C(c1cscn1)c1ccccc1Br. The molecule has 0 saturated heterocycles. The van der Waals surface area contributed by atoms with Gasteiger partial charge in [-0.1, -0.05) is 28.1 Å². The second-order valence-corrected chi connectivity index (χ2v) is 4.26. The number of aromatic nitrogens is 1. The second kappa shape index (κ2) is 4.02. The normalized spacial score (nSPS) is 10.1. The first kappa shape index (κ1) is 9.55. The summed E-state index contributed by atoms with van der Waals surface area (Å²) < 4.78 is 0.804. The fourth-order valence-electron chi connectivity index (χ4n) is 1.11. The standard InChI is InChI=1S/C10H6BrNOS/c11-8-4-2-1-3-7(8)10(13)9-5-14-6-12-9/h1-6H. The molecule has 0 saturated carbocycles. The summed E-state index contributed by atoms with van der Waals surface area (Å²) in [6, 6.07) is 7.34. The Balaban J connectivity index is 2.42. The van der Waals surface area contributed by atoms with Crippen LogP contribution in [0, 0.1) is 0 Å². The lowest BCUT2D eigenvalue weighted by Gasteiger charge is -1.99. The number of ketones is 1. The van der Waals surface area contributed by atoms with Gasteiger partial charge in [-0.3, -0.25) is 4.79 Å². The Labute approximate surface area is 93.7 Å². The van der Waals surface area contributed by atoms with E-state index in [1.54, 1.807) is 17.0 Å². The van der Waals surface area contributed by atoms with Gasteiger partial charge in [0.2, 0.25) is 5.78 Å². The molecule has 2 rings (SSSR count). The van der Waals surface area contributed by atoms with Crippen molar-refractivity contribution in [2.75, 3.05) is 0 Å². The third-order valence-electron chi connectivity index (χ3n) is 1.78. The topological polar surface area (TPSA) is 30.0 Å². The van der Waals surface area contributed by atoms with Crippen LogP contribution in [0.3, 0.4) is 0 Å². The maximum atomic E-state index is 11.8. The van der Waals surface area contributed by atoms with Gasteiger partial charge in [0.15, 0.2) is 0 Å². The van der Waals surface area contributed by atoms with Gasteiger partial charge in [0.25, 0.3) is 0 Å². The Morgan fingerprint density at radius 3 is 2.79 bits per heavy atom. The minimum Gasteiger partial charge on any atom is -0.287 e. The van der Waals surface area contributed by atoms with Crippen molar-refractivity contribution >= 4 is 33.0 Å². The summed E-state index contributed by atoms with van der Waals surface area (Å²) in [5.74, 6) is -0.0428. The van der Waals surface area contributed by atoms with E-state index >= 15 is 0 Å². The lowest BCUT2D eigenvalue weighted by molar-refractivity contribution is 0.103. The molecule has 0 fully saturated rings. The zero-order chi connectivity index (χ0) is 9.97. The number of halogens is 1. The summed E-state index contributed by atoms with van der Waals surface area (Å²) in [4.78, 5) is 15.8. The van der Waals surface area contributed by atoms with Crippen molar-refractivity contribution < 1.29 is 4.79 Å². The van der Waals surface area contributed by atoms with Crippen LogP contribution in [0.25, 0.3) is 0 Å². The molecule has 2 nitrogen and oxygen atoms in total. The molecular weight excluding hydrogens is 262 g/mol. The average Bonchev–Trinajstić information content (AvgIpc) is 2.70. The van der Waals surface area contributed by atoms with Crippen molar-refractivity contribution in [2.45, 2.75) is 0 Å². The van der Waals surface area contributed by atoms with E-state index in [1.165, 1.54) is 11.3 Å². The fraction of sp³-hybridized carbons (Fsp3) is 0. The van der Waals surface area contributed by atoms with Crippen LogP contribution in [0.2, 0.25) is 0 Å². The van der Waals surface area contributed by atoms with Gasteiger partial charge in [-0.15, -0.1) is 11.3 Å². The quantitative estimate of drug-likeness (QED) is 0.783. The van der Waals surface area contributed by atoms with Crippen LogP contribution in [0.4, 0.5) is 0 Å². The van der Waals surface area contributed by atoms with Gasteiger partial charge < -0.3 is 0 Å². The van der Waals surface area contributed by atoms with E-state index in [4.69, 9.17) is 0 Å². The molecule has 70 valence electrons. The lowest BCUT2D eigenvalue weighted by Crippen LogP contribution is -2.01. The largest absolute Gasteiger partial charge is 0.287 e. The van der Waals surface area contributed by atoms with Gasteiger partial charge in [-0.2, -0.15) is 0 Å². The van der Waals surface area contributed by atoms with Crippen LogP contribution in [-0.4, -0.2) is 10.8 Å². The molecule has 0 spiro atoms. The lowest BCUT2D eigenvalue weighted by atomic mass is 10.1. The minimum absolute atomic E-state index is 0.0428. The molecule has 2 aromatic rings. The predicted molar refractivity (Wildman–Crippen MR) is 59.7 cm³/mol. The van der Waals surface area contributed by atoms with Crippen molar-refractivity contribution in [3.05, 3.63) is 50.9 Å². The number of hydrogen-bond donors (Lipinski definition) is 0. The zero-order valence-electron chi connectivity index (χ0n) is 7.11. The second-order valence-electron chi connectivity index (χ2n) is 2.68. The number of carbonyl (C=O) groups is 1. The molecule has 0 aliphatic heterocycles. The highest BCUT2D eigenvalue weighted by molar-refractivity contribution is 9.10. The number of carbonyl (C=O) groups excluding carboxylic acids is 1. The van der Waals surface area contributed by atoms with E-state index < -0.39 is 0 Å². The summed E-state index contributed by atoms with van der Waals surface area (Å²) in [5, 5.41) is 1.75. The van der Waals surface area contributed by atoms with Gasteiger partial charge in [0.1, 0.15) is 5.69 Å². The Morgan fingerprint density at radius 1 is 1.36 bits per heavy atom. The number of rotatable bonds is 2. The van der Waals surface area contributed by atoms with E-state index in [-0.39, 0.29) is 5.78 Å². The molecule has 4 heteroatoms. The molecular formula is C10H6BrNOS. The van der Waals surface area contributed by atoms with Crippen LogP contribution < -0.4 is 0 Å². The highest BCUT2D eigenvalue weighted by Gasteiger charge is 2.12. The van der Waals surface area contributed by atoms with Crippen molar-refractivity contribution in [1.29, 1.82) is 0 Å². The van der Waals surface area contributed by atoms with E-state index in [2.05, 4.69) is 20.9 Å². The number of thiazole rings is 1. The van der Waals surface area contributed by atoms with E-state index in [0.29, 0.717) is 11.3 Å². The van der Waals surface area contributed by atoms with Crippen LogP contribution >= 0.6 is 27.3 Å². The summed E-state index contributed by atoms with van der Waals surface area (Å²) in [6.45, 7) is 0. The fourth-order valence-corrected chi connectivity index (χ4v) is 2.10. The molecule has 1 aromatic heterocycles. The summed E-state index contributed by atoms with van der Waals surface area (Å²) in [5.41, 5.74) is 2.81. The van der Waals surface area contributed by atoms with Crippen molar-refractivity contribution in [3.8, 4) is 0 Å². The van der Waals surface area contributed by atoms with Gasteiger partial charge in [-0.25, -0.2) is 4.98 Å². The monoisotopic (exact) mass is 267 g/mol. The third-order valence-corrected chi connectivity index (χ3v) is 3.06. The number of hydrogen-bond acceptors (Lipinski definition) is 3. The molecule has 1 heterocycles. The highest BCUT2D eigenvalue weighted by Crippen LogP contribution is 2.19. The van der Waals surface area contributed by atoms with Crippen molar-refractivity contribution in [2.24, 2.45) is 0 Å². The summed E-state index contributed by atoms with van der Waals surface area (Å²) in [6.07, 6.45) is 0. The first-order chi connectivity index (χ1) is 6.79.